The van der Waals surface area contributed by atoms with E-state index in [9.17, 15) is 4.79 Å². The summed E-state index contributed by atoms with van der Waals surface area (Å²) in [4.78, 5) is 10.7. The zero-order chi connectivity index (χ0) is 9.56. The first-order chi connectivity index (χ1) is 5.61. The van der Waals surface area contributed by atoms with E-state index in [2.05, 4.69) is 0 Å². The van der Waals surface area contributed by atoms with E-state index in [0.717, 1.165) is 5.57 Å². The predicted octanol–water partition coefficient (Wildman–Crippen LogP) is 2.46. The van der Waals surface area contributed by atoms with Crippen molar-refractivity contribution in [3.63, 3.8) is 0 Å². The number of rotatable bonds is 3. The van der Waals surface area contributed by atoms with Gasteiger partial charge in [0.2, 0.25) is 0 Å². The minimum atomic E-state index is -0.251. The largest absolute Gasteiger partial charge is 0.454 e. The molecular formula is C10H16O2. The van der Waals surface area contributed by atoms with Gasteiger partial charge in [-0.25, -0.2) is 0 Å². The van der Waals surface area contributed by atoms with Gasteiger partial charge in [0.15, 0.2) is 0 Å². The zero-order valence-corrected chi connectivity index (χ0v) is 8.13. The van der Waals surface area contributed by atoms with Gasteiger partial charge in [-0.05, 0) is 32.4 Å². The summed E-state index contributed by atoms with van der Waals surface area (Å²) in [5.41, 5.74) is 1.04. The van der Waals surface area contributed by atoms with Crippen molar-refractivity contribution in [3.8, 4) is 0 Å². The molecule has 0 spiro atoms. The van der Waals surface area contributed by atoms with E-state index < -0.39 is 0 Å². The molecule has 0 fully saturated rings. The van der Waals surface area contributed by atoms with E-state index in [1.54, 1.807) is 0 Å². The monoisotopic (exact) mass is 168 g/mol. The van der Waals surface area contributed by atoms with Crippen LogP contribution in [0.1, 0.15) is 27.7 Å². The summed E-state index contributed by atoms with van der Waals surface area (Å²) in [5, 5.41) is 0. The van der Waals surface area contributed by atoms with Crippen LogP contribution >= 0.6 is 0 Å². The molecule has 0 amide bonds. The fourth-order valence-electron chi connectivity index (χ4n) is 0.802. The molecule has 0 rings (SSSR count). The molecule has 0 aromatic heterocycles. The Morgan fingerprint density at radius 3 is 2.25 bits per heavy atom. The Bertz CT molecular complexity index is 202. The fourth-order valence-corrected chi connectivity index (χ4v) is 0.802. The topological polar surface area (TPSA) is 26.3 Å². The van der Waals surface area contributed by atoms with Gasteiger partial charge in [-0.2, -0.15) is 0 Å². The normalized spacial score (nSPS) is 14.8. The van der Waals surface area contributed by atoms with Crippen LogP contribution in [0.4, 0.5) is 0 Å². The molecule has 1 unspecified atom stereocenters. The second kappa shape index (κ2) is 5.58. The maximum atomic E-state index is 10.7. The van der Waals surface area contributed by atoms with Crippen LogP contribution in [0.2, 0.25) is 0 Å². The van der Waals surface area contributed by atoms with Gasteiger partial charge in [-0.1, -0.05) is 12.2 Å². The SMILES string of the molecule is CC=C(C)C(/C=C/C)OC(C)=O. The summed E-state index contributed by atoms with van der Waals surface area (Å²) in [6.45, 7) is 7.18. The van der Waals surface area contributed by atoms with Crippen LogP contribution in [0, 0.1) is 0 Å². The van der Waals surface area contributed by atoms with E-state index in [1.807, 2.05) is 39.0 Å². The highest BCUT2D eigenvalue weighted by atomic mass is 16.5. The molecule has 0 saturated heterocycles. The minimum Gasteiger partial charge on any atom is -0.454 e. The molecule has 0 aliphatic heterocycles. The Morgan fingerprint density at radius 1 is 1.33 bits per heavy atom. The third-order valence-corrected chi connectivity index (χ3v) is 1.56. The van der Waals surface area contributed by atoms with Crippen molar-refractivity contribution in [2.75, 3.05) is 0 Å². The van der Waals surface area contributed by atoms with Gasteiger partial charge in [-0.3, -0.25) is 4.79 Å². The second-order valence-electron chi connectivity index (χ2n) is 2.59. The van der Waals surface area contributed by atoms with E-state index in [0.29, 0.717) is 0 Å². The van der Waals surface area contributed by atoms with Crippen LogP contribution < -0.4 is 0 Å². The van der Waals surface area contributed by atoms with Crippen LogP contribution in [0.15, 0.2) is 23.8 Å². The fraction of sp³-hybridized carbons (Fsp3) is 0.500. The highest BCUT2D eigenvalue weighted by Crippen LogP contribution is 2.07. The first-order valence-corrected chi connectivity index (χ1v) is 4.04. The Kier molecular flexibility index (Phi) is 5.09. The summed E-state index contributed by atoms with van der Waals surface area (Å²) in [6.07, 6.45) is 5.47. The number of hydrogen-bond acceptors (Lipinski definition) is 2. The first-order valence-electron chi connectivity index (χ1n) is 4.04. The van der Waals surface area contributed by atoms with Gasteiger partial charge in [0, 0.05) is 6.92 Å². The molecular weight excluding hydrogens is 152 g/mol. The molecule has 12 heavy (non-hydrogen) atoms. The number of ether oxygens (including phenoxy) is 1. The molecule has 0 saturated carbocycles. The van der Waals surface area contributed by atoms with E-state index >= 15 is 0 Å². The Balaban J connectivity index is 4.33. The average molecular weight is 168 g/mol. The van der Waals surface area contributed by atoms with Crippen molar-refractivity contribution in [2.24, 2.45) is 0 Å². The summed E-state index contributed by atoms with van der Waals surface area (Å²) < 4.78 is 5.05. The third kappa shape index (κ3) is 3.96. The predicted molar refractivity (Wildman–Crippen MR) is 49.8 cm³/mol. The Hall–Kier alpha value is -1.05. The summed E-state index contributed by atoms with van der Waals surface area (Å²) in [7, 11) is 0. The highest BCUT2D eigenvalue weighted by molar-refractivity contribution is 5.66. The molecule has 0 aromatic carbocycles. The zero-order valence-electron chi connectivity index (χ0n) is 8.13. The smallest absolute Gasteiger partial charge is 0.303 e. The van der Waals surface area contributed by atoms with Gasteiger partial charge >= 0.3 is 5.97 Å². The molecule has 0 radical (unpaired) electrons. The first kappa shape index (κ1) is 11.0. The average Bonchev–Trinajstić information content (AvgIpc) is 2.01. The van der Waals surface area contributed by atoms with Gasteiger partial charge in [0.1, 0.15) is 6.10 Å². The van der Waals surface area contributed by atoms with E-state index in [4.69, 9.17) is 4.74 Å². The van der Waals surface area contributed by atoms with Crippen LogP contribution in [0.25, 0.3) is 0 Å². The van der Waals surface area contributed by atoms with Crippen molar-refractivity contribution in [2.45, 2.75) is 33.8 Å². The van der Waals surface area contributed by atoms with Crippen LogP contribution in [-0.4, -0.2) is 12.1 Å². The van der Waals surface area contributed by atoms with Crippen LogP contribution in [0.5, 0.6) is 0 Å². The van der Waals surface area contributed by atoms with Crippen molar-refractivity contribution in [1.82, 2.24) is 0 Å². The molecule has 0 N–H and O–H groups in total. The molecule has 0 aromatic rings. The summed E-state index contributed by atoms with van der Waals surface area (Å²) >= 11 is 0. The van der Waals surface area contributed by atoms with Gasteiger partial charge < -0.3 is 4.74 Å². The lowest BCUT2D eigenvalue weighted by atomic mass is 10.1. The molecule has 0 aliphatic carbocycles. The lowest BCUT2D eigenvalue weighted by molar-refractivity contribution is -0.142. The molecule has 0 heterocycles. The molecule has 2 nitrogen and oxygen atoms in total. The van der Waals surface area contributed by atoms with Gasteiger partial charge in [0.25, 0.3) is 0 Å². The number of carbonyl (C=O) groups excluding carboxylic acids is 1. The lowest BCUT2D eigenvalue weighted by Crippen LogP contribution is -2.14. The number of hydrogen-bond donors (Lipinski definition) is 0. The quantitative estimate of drug-likeness (QED) is 0.478. The lowest BCUT2D eigenvalue weighted by Gasteiger charge is -2.12. The summed E-state index contributed by atoms with van der Waals surface area (Å²) in [5.74, 6) is -0.251. The Labute approximate surface area is 73.9 Å². The standard InChI is InChI=1S/C10H16O2/c1-5-7-10(8(3)6-2)12-9(4)11/h5-7,10H,1-4H3/b7-5+,8-6?. The van der Waals surface area contributed by atoms with Crippen molar-refractivity contribution in [1.29, 1.82) is 0 Å². The maximum absolute atomic E-state index is 10.7. The number of carbonyl (C=O) groups is 1. The number of allylic oxidation sites excluding steroid dienone is 2. The summed E-state index contributed by atoms with van der Waals surface area (Å²) in [6, 6.07) is 0. The van der Waals surface area contributed by atoms with Gasteiger partial charge in [-0.15, -0.1) is 0 Å². The Morgan fingerprint density at radius 2 is 1.92 bits per heavy atom. The molecule has 2 heteroatoms. The minimum absolute atomic E-state index is 0.197. The molecule has 68 valence electrons. The molecule has 0 aliphatic rings. The second-order valence-corrected chi connectivity index (χ2v) is 2.59. The highest BCUT2D eigenvalue weighted by Gasteiger charge is 2.08. The van der Waals surface area contributed by atoms with Crippen LogP contribution in [-0.2, 0) is 9.53 Å². The van der Waals surface area contributed by atoms with Gasteiger partial charge in [0.05, 0.1) is 0 Å². The van der Waals surface area contributed by atoms with Crippen molar-refractivity contribution < 1.29 is 9.53 Å². The third-order valence-electron chi connectivity index (χ3n) is 1.56. The van der Waals surface area contributed by atoms with E-state index in [1.165, 1.54) is 6.92 Å². The molecule has 1 atom stereocenters. The van der Waals surface area contributed by atoms with Crippen molar-refractivity contribution in [3.05, 3.63) is 23.8 Å². The maximum Gasteiger partial charge on any atom is 0.303 e. The van der Waals surface area contributed by atoms with Crippen LogP contribution in [0.3, 0.4) is 0 Å². The van der Waals surface area contributed by atoms with E-state index in [-0.39, 0.29) is 12.1 Å². The number of esters is 1. The molecule has 0 bridgehead atoms. The van der Waals surface area contributed by atoms with Crippen molar-refractivity contribution >= 4 is 5.97 Å².